The number of ketones is 1. The Bertz CT molecular complexity index is 1150. The zero-order valence-electron chi connectivity index (χ0n) is 18.0. The van der Waals surface area contributed by atoms with E-state index in [2.05, 4.69) is 29.2 Å². The van der Waals surface area contributed by atoms with Crippen molar-refractivity contribution in [2.24, 2.45) is 0 Å². The summed E-state index contributed by atoms with van der Waals surface area (Å²) in [6.45, 7) is 2.17. The van der Waals surface area contributed by atoms with Crippen LogP contribution in [0.15, 0.2) is 72.5 Å². The van der Waals surface area contributed by atoms with Crippen molar-refractivity contribution in [1.29, 1.82) is 0 Å². The van der Waals surface area contributed by atoms with Gasteiger partial charge in [0.05, 0.1) is 18.2 Å². The number of hydrogen-bond acceptors (Lipinski definition) is 5. The number of hydrogen-bond donors (Lipinski definition) is 0. The molecule has 0 atom stereocenters. The second kappa shape index (κ2) is 8.89. The predicted octanol–water partition coefficient (Wildman–Crippen LogP) is 5.10. The highest BCUT2D eigenvalue weighted by Crippen LogP contribution is 2.42. The van der Waals surface area contributed by atoms with E-state index in [0.717, 1.165) is 42.0 Å². The summed E-state index contributed by atoms with van der Waals surface area (Å²) in [5, 5.41) is 0. The summed E-state index contributed by atoms with van der Waals surface area (Å²) in [4.78, 5) is 15.2. The molecule has 162 valence electrons. The number of methoxy groups -OCH3 is 1. The minimum atomic E-state index is -0.0974. The zero-order chi connectivity index (χ0) is 21.9. The minimum absolute atomic E-state index is 0.0974. The third-order valence-electron chi connectivity index (χ3n) is 5.88. The molecular weight excluding hydrogens is 402 g/mol. The number of aryl methyl sites for hydroxylation is 1. The summed E-state index contributed by atoms with van der Waals surface area (Å²) in [6, 6.07) is 21.7. The number of fused-ring (bicyclic) bond motifs is 3. The fourth-order valence-electron chi connectivity index (χ4n) is 4.15. The van der Waals surface area contributed by atoms with E-state index in [1.54, 1.807) is 19.3 Å². The number of rotatable bonds is 6. The topological polar surface area (TPSA) is 48.0 Å². The molecule has 0 radical (unpaired) electrons. The fraction of sp³-hybridized carbons (Fsp3) is 0.222. The van der Waals surface area contributed by atoms with E-state index in [0.29, 0.717) is 30.3 Å². The first-order valence-corrected chi connectivity index (χ1v) is 10.8. The van der Waals surface area contributed by atoms with Crippen LogP contribution in [0.25, 0.3) is 6.08 Å². The molecule has 3 aromatic rings. The first-order chi connectivity index (χ1) is 15.7. The molecule has 0 unspecified atom stereocenters. The highest BCUT2D eigenvalue weighted by Gasteiger charge is 2.33. The molecule has 2 aliphatic heterocycles. The van der Waals surface area contributed by atoms with Crippen LogP contribution in [0.4, 0.5) is 0 Å². The second-order valence-electron chi connectivity index (χ2n) is 8.05. The fourth-order valence-corrected chi connectivity index (χ4v) is 4.15. The molecule has 0 N–H and O–H groups in total. The van der Waals surface area contributed by atoms with Crippen molar-refractivity contribution in [2.45, 2.75) is 19.4 Å². The molecule has 0 aliphatic carbocycles. The Kier molecular flexibility index (Phi) is 5.65. The monoisotopic (exact) mass is 427 g/mol. The molecule has 2 aliphatic rings. The SMILES string of the molecule is COc1ccc(/C=C2\Oc3c(ccc4c3CN(CCCc3ccccc3)CO4)C2=O)cc1. The van der Waals surface area contributed by atoms with Gasteiger partial charge in [-0.1, -0.05) is 42.5 Å². The van der Waals surface area contributed by atoms with Crippen molar-refractivity contribution in [3.63, 3.8) is 0 Å². The van der Waals surface area contributed by atoms with Gasteiger partial charge in [0.15, 0.2) is 5.76 Å². The lowest BCUT2D eigenvalue weighted by Gasteiger charge is -2.29. The maximum Gasteiger partial charge on any atom is 0.231 e. The van der Waals surface area contributed by atoms with Crippen LogP contribution in [-0.4, -0.2) is 31.1 Å². The molecule has 0 amide bonds. The third kappa shape index (κ3) is 4.12. The number of nitrogens with zero attached hydrogens (tertiary/aromatic N) is 1. The molecule has 5 nitrogen and oxygen atoms in total. The van der Waals surface area contributed by atoms with Gasteiger partial charge in [-0.25, -0.2) is 0 Å². The summed E-state index contributed by atoms with van der Waals surface area (Å²) in [7, 11) is 1.63. The lowest BCUT2D eigenvalue weighted by molar-refractivity contribution is 0.0928. The van der Waals surface area contributed by atoms with Gasteiger partial charge in [0.25, 0.3) is 0 Å². The van der Waals surface area contributed by atoms with Gasteiger partial charge in [-0.2, -0.15) is 0 Å². The smallest absolute Gasteiger partial charge is 0.231 e. The van der Waals surface area contributed by atoms with Crippen LogP contribution < -0.4 is 14.2 Å². The standard InChI is InChI=1S/C27H25NO4/c1-30-21-11-9-20(10-12-21)16-25-26(29)22-13-14-24-23(27(22)32-25)17-28(18-31-24)15-5-8-19-6-3-2-4-7-19/h2-4,6-7,9-14,16H,5,8,15,17-18H2,1H3/b25-16-. The first kappa shape index (κ1) is 20.3. The van der Waals surface area contributed by atoms with Gasteiger partial charge in [0.1, 0.15) is 24.0 Å². The Morgan fingerprint density at radius 1 is 1.03 bits per heavy atom. The van der Waals surface area contributed by atoms with E-state index >= 15 is 0 Å². The molecular formula is C27H25NO4. The van der Waals surface area contributed by atoms with Crippen molar-refractivity contribution >= 4 is 11.9 Å². The van der Waals surface area contributed by atoms with Gasteiger partial charge in [0.2, 0.25) is 5.78 Å². The van der Waals surface area contributed by atoms with Gasteiger partial charge >= 0.3 is 0 Å². The van der Waals surface area contributed by atoms with Crippen LogP contribution in [0.5, 0.6) is 17.2 Å². The predicted molar refractivity (Wildman–Crippen MR) is 123 cm³/mol. The van der Waals surface area contributed by atoms with E-state index < -0.39 is 0 Å². The second-order valence-corrected chi connectivity index (χ2v) is 8.05. The van der Waals surface area contributed by atoms with Crippen LogP contribution in [0.3, 0.4) is 0 Å². The van der Waals surface area contributed by atoms with Gasteiger partial charge in [-0.05, 0) is 54.3 Å². The zero-order valence-corrected chi connectivity index (χ0v) is 18.0. The van der Waals surface area contributed by atoms with E-state index in [1.165, 1.54) is 5.56 Å². The van der Waals surface area contributed by atoms with Gasteiger partial charge in [-0.15, -0.1) is 0 Å². The van der Waals surface area contributed by atoms with Crippen LogP contribution >= 0.6 is 0 Å². The van der Waals surface area contributed by atoms with Crippen molar-refractivity contribution in [3.05, 3.63) is 94.7 Å². The Balaban J connectivity index is 1.30. The Morgan fingerprint density at radius 2 is 1.84 bits per heavy atom. The number of carbonyl (C=O) groups is 1. The molecule has 3 aromatic carbocycles. The quantitative estimate of drug-likeness (QED) is 0.513. The Labute approximate surface area is 187 Å². The lowest BCUT2D eigenvalue weighted by atomic mass is 10.0. The summed E-state index contributed by atoms with van der Waals surface area (Å²) < 4.78 is 17.3. The number of Topliss-reactive ketones (excluding diaryl/α,β-unsaturated/α-hetero) is 1. The van der Waals surface area contributed by atoms with Crippen molar-refractivity contribution in [2.75, 3.05) is 20.4 Å². The first-order valence-electron chi connectivity index (χ1n) is 10.8. The molecule has 0 saturated carbocycles. The molecule has 0 spiro atoms. The van der Waals surface area contributed by atoms with Gasteiger partial charge < -0.3 is 14.2 Å². The molecule has 0 fully saturated rings. The number of allylic oxidation sites excluding steroid dienone is 1. The Morgan fingerprint density at radius 3 is 2.62 bits per heavy atom. The normalized spacial score (nSPS) is 16.3. The maximum absolute atomic E-state index is 12.9. The largest absolute Gasteiger partial charge is 0.497 e. The van der Waals surface area contributed by atoms with E-state index in [4.69, 9.17) is 14.2 Å². The van der Waals surface area contributed by atoms with Gasteiger partial charge in [0, 0.05) is 13.1 Å². The number of carbonyl (C=O) groups excluding carboxylic acids is 1. The average Bonchev–Trinajstić information content (AvgIpc) is 3.16. The molecule has 0 aromatic heterocycles. The molecule has 5 rings (SSSR count). The summed E-state index contributed by atoms with van der Waals surface area (Å²) >= 11 is 0. The molecule has 5 heteroatoms. The van der Waals surface area contributed by atoms with Crippen LogP contribution in [0.2, 0.25) is 0 Å². The Hall–Kier alpha value is -3.57. The van der Waals surface area contributed by atoms with E-state index in [-0.39, 0.29) is 5.78 Å². The van der Waals surface area contributed by atoms with Crippen LogP contribution in [0, 0.1) is 0 Å². The van der Waals surface area contributed by atoms with Gasteiger partial charge in [-0.3, -0.25) is 9.69 Å². The third-order valence-corrected chi connectivity index (χ3v) is 5.88. The minimum Gasteiger partial charge on any atom is -0.497 e. The number of ether oxygens (including phenoxy) is 3. The van der Waals surface area contributed by atoms with Crippen molar-refractivity contribution in [1.82, 2.24) is 4.90 Å². The average molecular weight is 428 g/mol. The van der Waals surface area contributed by atoms with Crippen molar-refractivity contribution in [3.8, 4) is 17.2 Å². The summed E-state index contributed by atoms with van der Waals surface area (Å²) in [5.41, 5.74) is 3.77. The maximum atomic E-state index is 12.9. The highest BCUT2D eigenvalue weighted by molar-refractivity contribution is 6.15. The van der Waals surface area contributed by atoms with E-state index in [1.807, 2.05) is 36.4 Å². The lowest BCUT2D eigenvalue weighted by Crippen LogP contribution is -2.33. The van der Waals surface area contributed by atoms with Crippen LogP contribution in [0.1, 0.15) is 33.5 Å². The molecule has 2 heterocycles. The summed E-state index contributed by atoms with van der Waals surface area (Å²) in [5.74, 6) is 2.42. The highest BCUT2D eigenvalue weighted by atomic mass is 16.5. The molecule has 0 bridgehead atoms. The molecule has 32 heavy (non-hydrogen) atoms. The number of benzene rings is 3. The summed E-state index contributed by atoms with van der Waals surface area (Å²) in [6.07, 6.45) is 3.84. The van der Waals surface area contributed by atoms with Crippen LogP contribution in [-0.2, 0) is 13.0 Å². The van der Waals surface area contributed by atoms with E-state index in [9.17, 15) is 4.79 Å². The van der Waals surface area contributed by atoms with Crippen molar-refractivity contribution < 1.29 is 19.0 Å². The molecule has 0 saturated heterocycles.